The second-order valence-electron chi connectivity index (χ2n) is 12.7. The van der Waals surface area contributed by atoms with Crippen LogP contribution in [-0.2, 0) is 13.0 Å². The van der Waals surface area contributed by atoms with Crippen LogP contribution in [-0.4, -0.2) is 70.2 Å². The van der Waals surface area contributed by atoms with Crippen molar-refractivity contribution < 1.29 is 0 Å². The molecule has 1 aliphatic heterocycles. The molecule has 1 saturated heterocycles. The topological polar surface area (TPSA) is 33.8 Å². The van der Waals surface area contributed by atoms with Crippen molar-refractivity contribution in [2.45, 2.75) is 66.3 Å². The van der Waals surface area contributed by atoms with Gasteiger partial charge in [-0.05, 0) is 101 Å². The van der Waals surface area contributed by atoms with E-state index in [4.69, 9.17) is 0 Å². The number of nitrogens with one attached hydrogen (secondary N) is 2. The first kappa shape index (κ1) is 33.7. The van der Waals surface area contributed by atoms with Crippen LogP contribution in [0.3, 0.4) is 0 Å². The molecule has 0 aliphatic carbocycles. The van der Waals surface area contributed by atoms with Gasteiger partial charge in [-0.25, -0.2) is 0 Å². The maximum absolute atomic E-state index is 4.59. The van der Waals surface area contributed by atoms with E-state index in [1.54, 1.807) is 0 Å². The van der Waals surface area contributed by atoms with Crippen molar-refractivity contribution in [1.82, 2.24) is 20.4 Å². The minimum atomic E-state index is 0.424. The molecule has 1 atom stereocenters. The van der Waals surface area contributed by atoms with E-state index in [2.05, 4.69) is 123 Å². The van der Waals surface area contributed by atoms with Crippen molar-refractivity contribution in [3.8, 4) is 0 Å². The Kier molecular flexibility index (Phi) is 13.0. The number of rotatable bonds is 17. The van der Waals surface area contributed by atoms with Crippen molar-refractivity contribution in [1.29, 1.82) is 0 Å². The highest BCUT2D eigenvalue weighted by Crippen LogP contribution is 2.38. The highest BCUT2D eigenvalue weighted by molar-refractivity contribution is 5.78. The maximum atomic E-state index is 4.59. The second-order valence-corrected chi connectivity index (χ2v) is 12.7. The SMILES string of the molecule is C=C(NCC(C)CCc1ccccc1CNC)c1ccc(C(=C)N2CCC(CC)(CN(C)C)CC2)cc1N(CC)CC. The molecule has 2 aromatic carbocycles. The van der Waals surface area contributed by atoms with E-state index < -0.39 is 0 Å². The summed E-state index contributed by atoms with van der Waals surface area (Å²) in [7, 11) is 6.42. The van der Waals surface area contributed by atoms with Crippen molar-refractivity contribution in [2.24, 2.45) is 11.3 Å². The first-order valence-corrected chi connectivity index (χ1v) is 16.3. The van der Waals surface area contributed by atoms with Crippen molar-refractivity contribution in [3.63, 3.8) is 0 Å². The molecule has 2 aromatic rings. The molecular weight excluding hydrogens is 514 g/mol. The van der Waals surface area contributed by atoms with Gasteiger partial charge in [0.15, 0.2) is 0 Å². The van der Waals surface area contributed by atoms with E-state index in [0.717, 1.165) is 63.5 Å². The van der Waals surface area contributed by atoms with Crippen LogP contribution in [0.5, 0.6) is 0 Å². The number of benzene rings is 2. The zero-order chi connectivity index (χ0) is 30.7. The van der Waals surface area contributed by atoms with Crippen LogP contribution in [0.1, 0.15) is 75.6 Å². The Bertz CT molecular complexity index is 1140. The van der Waals surface area contributed by atoms with E-state index in [0.29, 0.717) is 11.3 Å². The summed E-state index contributed by atoms with van der Waals surface area (Å²) in [5.74, 6) is 0.544. The number of nitrogens with zero attached hydrogens (tertiary/aromatic N) is 3. The minimum absolute atomic E-state index is 0.424. The van der Waals surface area contributed by atoms with Crippen LogP contribution in [0.4, 0.5) is 5.69 Å². The fraction of sp³-hybridized carbons (Fsp3) is 0.568. The quantitative estimate of drug-likeness (QED) is 0.211. The molecule has 0 bridgehead atoms. The average Bonchev–Trinajstić information content (AvgIpc) is 3.00. The highest BCUT2D eigenvalue weighted by Gasteiger charge is 2.34. The summed E-state index contributed by atoms with van der Waals surface area (Å²) in [6, 6.07) is 15.6. The lowest BCUT2D eigenvalue weighted by Crippen LogP contribution is -2.43. The highest BCUT2D eigenvalue weighted by atomic mass is 15.2. The lowest BCUT2D eigenvalue weighted by Gasteiger charge is -2.44. The van der Waals surface area contributed by atoms with Crippen molar-refractivity contribution in [2.75, 3.05) is 65.3 Å². The standard InChI is InChI=1S/C37H59N5/c1-10-37(28-40(8)9)21-23-42(24-22-37)31(6)33-19-20-35(36(25-33)41(11-2)12-3)30(5)39-26-29(4)17-18-32-15-13-14-16-34(32)27-38-7/h13-16,19-20,25,29,38-39H,5-6,10-12,17-18,21-24,26-28H2,1-4,7-9H3. The largest absolute Gasteiger partial charge is 0.385 e. The van der Waals surface area contributed by atoms with Crippen LogP contribution in [0.2, 0.25) is 0 Å². The molecule has 1 unspecified atom stereocenters. The second kappa shape index (κ2) is 16.2. The molecular formula is C37H59N5. The van der Waals surface area contributed by atoms with Gasteiger partial charge in [-0.15, -0.1) is 0 Å². The molecule has 1 fully saturated rings. The van der Waals surface area contributed by atoms with E-state index in [-0.39, 0.29) is 0 Å². The Morgan fingerprint density at radius 2 is 1.67 bits per heavy atom. The fourth-order valence-corrected chi connectivity index (χ4v) is 6.58. The summed E-state index contributed by atoms with van der Waals surface area (Å²) >= 11 is 0. The fourth-order valence-electron chi connectivity index (χ4n) is 6.58. The zero-order valence-electron chi connectivity index (χ0n) is 27.9. The Hall–Kier alpha value is -2.76. The predicted octanol–water partition coefficient (Wildman–Crippen LogP) is 7.11. The summed E-state index contributed by atoms with van der Waals surface area (Å²) in [4.78, 5) is 7.31. The summed E-state index contributed by atoms with van der Waals surface area (Å²) in [6.07, 6.45) is 5.93. The first-order chi connectivity index (χ1) is 20.2. The molecule has 1 heterocycles. The van der Waals surface area contributed by atoms with E-state index >= 15 is 0 Å². The van der Waals surface area contributed by atoms with Gasteiger partial charge in [-0.1, -0.05) is 63.4 Å². The molecule has 1 aliphatic rings. The smallest absolute Gasteiger partial charge is 0.0467 e. The lowest BCUT2D eigenvalue weighted by atomic mass is 9.75. The predicted molar refractivity (Wildman–Crippen MR) is 185 cm³/mol. The Balaban J connectivity index is 1.67. The molecule has 0 saturated carbocycles. The van der Waals surface area contributed by atoms with Crippen LogP contribution in [0.25, 0.3) is 11.4 Å². The number of hydrogen-bond donors (Lipinski definition) is 2. The third kappa shape index (κ3) is 8.87. The van der Waals surface area contributed by atoms with Crippen LogP contribution in [0, 0.1) is 11.3 Å². The van der Waals surface area contributed by atoms with Gasteiger partial charge in [0, 0.05) is 68.5 Å². The van der Waals surface area contributed by atoms with Gasteiger partial charge in [0.1, 0.15) is 0 Å². The molecule has 0 spiro atoms. The van der Waals surface area contributed by atoms with E-state index in [1.165, 1.54) is 53.7 Å². The Morgan fingerprint density at radius 3 is 2.26 bits per heavy atom. The molecule has 5 nitrogen and oxygen atoms in total. The van der Waals surface area contributed by atoms with Gasteiger partial charge in [0.25, 0.3) is 0 Å². The number of anilines is 1. The number of likely N-dealkylation sites (tertiary alicyclic amines) is 1. The van der Waals surface area contributed by atoms with Gasteiger partial charge < -0.3 is 25.3 Å². The molecule has 42 heavy (non-hydrogen) atoms. The molecule has 232 valence electrons. The van der Waals surface area contributed by atoms with Gasteiger partial charge in [0.05, 0.1) is 0 Å². The summed E-state index contributed by atoms with van der Waals surface area (Å²) in [5, 5.41) is 6.99. The molecule has 0 amide bonds. The monoisotopic (exact) mass is 573 g/mol. The number of aryl methyl sites for hydroxylation is 1. The van der Waals surface area contributed by atoms with Gasteiger partial charge in [-0.3, -0.25) is 0 Å². The lowest BCUT2D eigenvalue weighted by molar-refractivity contribution is 0.0992. The summed E-state index contributed by atoms with van der Waals surface area (Å²) in [5.41, 5.74) is 9.09. The minimum Gasteiger partial charge on any atom is -0.385 e. The zero-order valence-corrected chi connectivity index (χ0v) is 27.9. The summed E-state index contributed by atoms with van der Waals surface area (Å²) < 4.78 is 0. The van der Waals surface area contributed by atoms with Crippen LogP contribution < -0.4 is 15.5 Å². The summed E-state index contributed by atoms with van der Waals surface area (Å²) in [6.45, 7) is 25.3. The molecule has 2 N–H and O–H groups in total. The maximum Gasteiger partial charge on any atom is 0.0467 e. The van der Waals surface area contributed by atoms with Gasteiger partial charge >= 0.3 is 0 Å². The first-order valence-electron chi connectivity index (χ1n) is 16.3. The van der Waals surface area contributed by atoms with Crippen molar-refractivity contribution in [3.05, 3.63) is 77.9 Å². The Labute approximate surface area is 258 Å². The number of piperidine rings is 1. The van der Waals surface area contributed by atoms with Gasteiger partial charge in [0.2, 0.25) is 0 Å². The van der Waals surface area contributed by atoms with E-state index in [9.17, 15) is 0 Å². The van der Waals surface area contributed by atoms with Gasteiger partial charge in [-0.2, -0.15) is 0 Å². The molecule has 0 radical (unpaired) electrons. The number of hydrogen-bond acceptors (Lipinski definition) is 5. The molecule has 3 rings (SSSR count). The molecule has 0 aromatic heterocycles. The normalized spacial score (nSPS) is 15.5. The average molecular weight is 574 g/mol. The molecule has 5 heteroatoms. The van der Waals surface area contributed by atoms with Crippen LogP contribution >= 0.6 is 0 Å². The third-order valence-corrected chi connectivity index (χ3v) is 9.42. The van der Waals surface area contributed by atoms with E-state index in [1.807, 2.05) is 7.05 Å². The Morgan fingerprint density at radius 1 is 1.00 bits per heavy atom. The van der Waals surface area contributed by atoms with Crippen molar-refractivity contribution >= 4 is 17.1 Å². The van der Waals surface area contributed by atoms with Crippen LogP contribution in [0.15, 0.2) is 55.6 Å². The third-order valence-electron chi connectivity index (χ3n) is 9.42.